The van der Waals surface area contributed by atoms with Crippen LogP contribution in [0.4, 0.5) is 4.39 Å². The van der Waals surface area contributed by atoms with E-state index in [0.717, 1.165) is 37.2 Å². The predicted molar refractivity (Wildman–Crippen MR) is 104 cm³/mol. The van der Waals surface area contributed by atoms with Crippen molar-refractivity contribution in [1.82, 2.24) is 19.6 Å². The number of nitrogens with zero attached hydrogens (tertiary/aromatic N) is 4. The summed E-state index contributed by atoms with van der Waals surface area (Å²) in [7, 11) is 1.90. The maximum Gasteiger partial charge on any atom is 0.223 e. The number of hydrogen-bond acceptors (Lipinski definition) is 3. The Labute approximate surface area is 165 Å². The minimum absolute atomic E-state index is 0.201. The third kappa shape index (κ3) is 3.04. The van der Waals surface area contributed by atoms with E-state index in [1.54, 1.807) is 16.8 Å². The van der Waals surface area contributed by atoms with Crippen LogP contribution in [-0.2, 0) is 18.3 Å². The van der Waals surface area contributed by atoms with E-state index >= 15 is 0 Å². The van der Waals surface area contributed by atoms with E-state index < -0.39 is 0 Å². The van der Waals surface area contributed by atoms with Crippen LogP contribution in [-0.4, -0.2) is 57.2 Å². The van der Waals surface area contributed by atoms with Crippen molar-refractivity contribution in [2.45, 2.75) is 43.7 Å². The van der Waals surface area contributed by atoms with Gasteiger partial charge in [-0.3, -0.25) is 14.4 Å². The highest BCUT2D eigenvalue weighted by atomic mass is 19.1. The normalized spacial score (nSPS) is 31.2. The van der Waals surface area contributed by atoms with Crippen molar-refractivity contribution in [2.75, 3.05) is 19.6 Å². The Bertz CT molecular complexity index is 856. The van der Waals surface area contributed by atoms with Crippen LogP contribution in [0.2, 0.25) is 0 Å². The van der Waals surface area contributed by atoms with Gasteiger partial charge in [0.05, 0.1) is 12.2 Å². The number of likely N-dealkylation sites (tertiary alicyclic amines) is 1. The molecule has 5 heterocycles. The van der Waals surface area contributed by atoms with E-state index in [0.29, 0.717) is 24.4 Å². The summed E-state index contributed by atoms with van der Waals surface area (Å²) >= 11 is 0. The van der Waals surface area contributed by atoms with Gasteiger partial charge in [0.1, 0.15) is 5.82 Å². The number of hydrogen-bond donors (Lipinski definition) is 0. The van der Waals surface area contributed by atoms with Gasteiger partial charge in [-0.2, -0.15) is 5.10 Å². The third-order valence-electron chi connectivity index (χ3n) is 7.00. The van der Waals surface area contributed by atoms with Crippen LogP contribution in [0.25, 0.3) is 0 Å². The van der Waals surface area contributed by atoms with Crippen molar-refractivity contribution in [2.24, 2.45) is 13.0 Å². The summed E-state index contributed by atoms with van der Waals surface area (Å²) in [6.07, 6.45) is 7.45. The summed E-state index contributed by atoms with van der Waals surface area (Å²) in [6, 6.07) is 7.59. The molecule has 6 rings (SSSR count). The molecule has 1 aromatic heterocycles. The number of aryl methyl sites for hydroxylation is 2. The monoisotopic (exact) mass is 382 g/mol. The molecule has 0 aliphatic carbocycles. The molecule has 28 heavy (non-hydrogen) atoms. The van der Waals surface area contributed by atoms with Crippen LogP contribution in [0.3, 0.4) is 0 Å². The number of benzene rings is 1. The Hall–Kier alpha value is -2.21. The molecule has 1 amide bonds. The maximum atomic E-state index is 13.4. The summed E-state index contributed by atoms with van der Waals surface area (Å²) in [5, 5.41) is 4.20. The van der Waals surface area contributed by atoms with Gasteiger partial charge in [-0.25, -0.2) is 4.39 Å². The van der Waals surface area contributed by atoms with Crippen molar-refractivity contribution in [3.8, 4) is 0 Å². The number of aromatic nitrogens is 2. The van der Waals surface area contributed by atoms with Gasteiger partial charge in [-0.1, -0.05) is 12.1 Å². The molecular weight excluding hydrogens is 355 g/mol. The second kappa shape index (κ2) is 6.99. The van der Waals surface area contributed by atoms with Gasteiger partial charge in [0.15, 0.2) is 0 Å². The molecule has 2 aromatic rings. The van der Waals surface area contributed by atoms with E-state index in [9.17, 15) is 9.18 Å². The lowest BCUT2D eigenvalue weighted by molar-refractivity contribution is -0.135. The fourth-order valence-corrected chi connectivity index (χ4v) is 5.70. The standard InChI is InChI=1S/C22H27FN4O/c1-25-13-15(12-24-25)2-7-20(28)27-14-19(16-3-5-18(23)6-4-16)22-21(27)17-8-10-26(22)11-9-17/h3-6,12-13,17,19,21-22H,2,7-11,14H2,1H3/t19-,21+,22+/m0/s1. The molecule has 4 saturated heterocycles. The molecular formula is C22H27FN4O. The minimum Gasteiger partial charge on any atom is -0.337 e. The average molecular weight is 382 g/mol. The van der Waals surface area contributed by atoms with Crippen molar-refractivity contribution < 1.29 is 9.18 Å². The van der Waals surface area contributed by atoms with Crippen LogP contribution in [0.1, 0.15) is 36.3 Å². The van der Waals surface area contributed by atoms with Gasteiger partial charge in [0, 0.05) is 38.2 Å². The zero-order valence-electron chi connectivity index (χ0n) is 16.3. The van der Waals surface area contributed by atoms with Crippen LogP contribution in [0.5, 0.6) is 0 Å². The number of carbonyl (C=O) groups excluding carboxylic acids is 1. The lowest BCUT2D eigenvalue weighted by Crippen LogP contribution is -2.60. The molecule has 148 valence electrons. The van der Waals surface area contributed by atoms with Crippen molar-refractivity contribution in [1.29, 1.82) is 0 Å². The zero-order chi connectivity index (χ0) is 19.3. The van der Waals surface area contributed by atoms with Crippen LogP contribution in [0.15, 0.2) is 36.7 Å². The fourth-order valence-electron chi connectivity index (χ4n) is 5.70. The molecule has 6 heteroatoms. The molecule has 3 atom stereocenters. The smallest absolute Gasteiger partial charge is 0.223 e. The highest BCUT2D eigenvalue weighted by molar-refractivity contribution is 5.77. The van der Waals surface area contributed by atoms with Gasteiger partial charge in [0.25, 0.3) is 0 Å². The molecule has 2 bridgehead atoms. The predicted octanol–water partition coefficient (Wildman–Crippen LogP) is 2.58. The summed E-state index contributed by atoms with van der Waals surface area (Å²) < 4.78 is 15.2. The van der Waals surface area contributed by atoms with E-state index in [1.165, 1.54) is 12.8 Å². The van der Waals surface area contributed by atoms with Crippen molar-refractivity contribution >= 4 is 5.91 Å². The Morgan fingerprint density at radius 2 is 1.93 bits per heavy atom. The molecule has 0 saturated carbocycles. The quantitative estimate of drug-likeness (QED) is 0.816. The van der Waals surface area contributed by atoms with Crippen molar-refractivity contribution in [3.05, 3.63) is 53.6 Å². The maximum absolute atomic E-state index is 13.4. The minimum atomic E-state index is -0.201. The Morgan fingerprint density at radius 1 is 1.18 bits per heavy atom. The lowest BCUT2D eigenvalue weighted by Gasteiger charge is -2.51. The summed E-state index contributed by atoms with van der Waals surface area (Å²) in [6.45, 7) is 3.00. The van der Waals surface area contributed by atoms with Gasteiger partial charge in [0.2, 0.25) is 5.91 Å². The summed E-state index contributed by atoms with van der Waals surface area (Å²) in [4.78, 5) is 17.9. The largest absolute Gasteiger partial charge is 0.337 e. The van der Waals surface area contributed by atoms with E-state index in [-0.39, 0.29) is 17.6 Å². The fraction of sp³-hybridized carbons (Fsp3) is 0.545. The van der Waals surface area contributed by atoms with E-state index in [2.05, 4.69) is 14.9 Å². The molecule has 0 radical (unpaired) electrons. The molecule has 5 nitrogen and oxygen atoms in total. The molecule has 4 aliphatic heterocycles. The Balaban J connectivity index is 1.38. The Kier molecular flexibility index (Phi) is 4.46. The number of fused-ring (bicyclic) bond motifs is 2. The van der Waals surface area contributed by atoms with E-state index in [1.807, 2.05) is 31.6 Å². The molecule has 4 aliphatic rings. The molecule has 4 fully saturated rings. The molecule has 0 unspecified atom stereocenters. The molecule has 1 aromatic carbocycles. The SMILES string of the molecule is Cn1cc(CCC(=O)N2C[C@@H](c3ccc(F)cc3)[C@@H]3[C@H]2C2CCN3CC2)cn1. The topological polar surface area (TPSA) is 41.4 Å². The third-order valence-corrected chi connectivity index (χ3v) is 7.00. The number of carbonyl (C=O) groups is 1. The van der Waals surface area contributed by atoms with Crippen LogP contribution >= 0.6 is 0 Å². The number of piperidine rings is 3. The first-order chi connectivity index (χ1) is 13.6. The van der Waals surface area contributed by atoms with Gasteiger partial charge >= 0.3 is 0 Å². The van der Waals surface area contributed by atoms with Crippen LogP contribution in [0, 0.1) is 11.7 Å². The first kappa shape index (κ1) is 17.9. The van der Waals surface area contributed by atoms with Gasteiger partial charge in [-0.15, -0.1) is 0 Å². The Morgan fingerprint density at radius 3 is 2.61 bits per heavy atom. The zero-order valence-corrected chi connectivity index (χ0v) is 16.3. The van der Waals surface area contributed by atoms with Gasteiger partial charge in [-0.05, 0) is 61.5 Å². The molecule has 0 N–H and O–H groups in total. The van der Waals surface area contributed by atoms with E-state index in [4.69, 9.17) is 0 Å². The first-order valence-electron chi connectivity index (χ1n) is 10.4. The summed E-state index contributed by atoms with van der Waals surface area (Å²) in [5.41, 5.74) is 2.27. The first-order valence-corrected chi connectivity index (χ1v) is 10.4. The van der Waals surface area contributed by atoms with Crippen LogP contribution < -0.4 is 0 Å². The average Bonchev–Trinajstić information content (AvgIpc) is 3.33. The summed E-state index contributed by atoms with van der Waals surface area (Å²) in [5.74, 6) is 0.921. The highest BCUT2D eigenvalue weighted by Crippen LogP contribution is 2.46. The molecule has 0 spiro atoms. The number of rotatable bonds is 4. The lowest BCUT2D eigenvalue weighted by atomic mass is 9.75. The second-order valence-corrected chi connectivity index (χ2v) is 8.58. The van der Waals surface area contributed by atoms with Gasteiger partial charge < -0.3 is 4.90 Å². The number of halogens is 1. The highest BCUT2D eigenvalue weighted by Gasteiger charge is 2.54. The second-order valence-electron chi connectivity index (χ2n) is 8.58. The number of amides is 1. The van der Waals surface area contributed by atoms with Crippen molar-refractivity contribution in [3.63, 3.8) is 0 Å².